The van der Waals surface area contributed by atoms with Gasteiger partial charge in [-0.3, -0.25) is 24.6 Å². The minimum absolute atomic E-state index is 0. The molecule has 0 saturated heterocycles. The maximum atomic E-state index is 12.5. The molecule has 0 aliphatic carbocycles. The molecule has 0 fully saturated rings. The van der Waals surface area contributed by atoms with Crippen LogP contribution in [0.5, 0.6) is 0 Å². The van der Waals surface area contributed by atoms with Crippen LogP contribution < -0.4 is 21.7 Å². The van der Waals surface area contributed by atoms with E-state index >= 15 is 0 Å². The topological polar surface area (TPSA) is 320 Å². The Morgan fingerprint density at radius 1 is 0.559 bits per heavy atom. The fourth-order valence-corrected chi connectivity index (χ4v) is 11.0. The number of aromatic amines is 3. The molecule has 12 aromatic rings. The molecule has 12 rings (SSSR count). The number of aryl methyl sites for hydroxylation is 4. The molecule has 0 bridgehead atoms. The van der Waals surface area contributed by atoms with E-state index < -0.39 is 15.2 Å². The van der Waals surface area contributed by atoms with Gasteiger partial charge in [0.15, 0.2) is 5.65 Å². The number of aliphatic hydroxyl groups excluding tert-OH is 2. The van der Waals surface area contributed by atoms with Gasteiger partial charge in [0, 0.05) is 109 Å². The summed E-state index contributed by atoms with van der Waals surface area (Å²) in [6.45, 7) is 7.87. The van der Waals surface area contributed by atoms with Crippen molar-refractivity contribution in [2.75, 3.05) is 21.7 Å². The van der Waals surface area contributed by atoms with Crippen LogP contribution in [0.15, 0.2) is 218 Å². The van der Waals surface area contributed by atoms with Crippen LogP contribution in [0.1, 0.15) is 93.4 Å². The Hall–Kier alpha value is -7.45. The summed E-state index contributed by atoms with van der Waals surface area (Å²) in [6.07, 6.45) is 6.46. The Labute approximate surface area is 660 Å². The number of aromatic nitrogens is 8. The number of benzene rings is 8. The van der Waals surface area contributed by atoms with Crippen LogP contribution in [0.3, 0.4) is 0 Å². The second-order valence-electron chi connectivity index (χ2n) is 21.0. The summed E-state index contributed by atoms with van der Waals surface area (Å²) in [7, 11) is 7.36. The summed E-state index contributed by atoms with van der Waals surface area (Å²) >= 11 is 25.8. The van der Waals surface area contributed by atoms with Gasteiger partial charge >= 0.3 is 5.97 Å². The number of nitrogens with one attached hydrogen (secondary N) is 6. The van der Waals surface area contributed by atoms with Crippen molar-refractivity contribution in [3.05, 3.63) is 284 Å². The van der Waals surface area contributed by atoms with Crippen molar-refractivity contribution >= 4 is 198 Å². The van der Waals surface area contributed by atoms with E-state index in [4.69, 9.17) is 49.1 Å². The number of hydrogen-bond donors (Lipinski definition) is 10. The third-order valence-electron chi connectivity index (χ3n) is 13.6. The van der Waals surface area contributed by atoms with Crippen molar-refractivity contribution in [2.24, 2.45) is 0 Å². The van der Waals surface area contributed by atoms with Gasteiger partial charge in [-0.15, -0.1) is 23.4 Å². The number of anilines is 4. The third-order valence-corrected chi connectivity index (χ3v) is 18.7. The number of carboxylic acid groups (broad SMARTS) is 1. The van der Waals surface area contributed by atoms with Gasteiger partial charge in [-0.25, -0.2) is 24.0 Å². The smallest absolute Gasteiger partial charge is 0.335 e. The number of amides is 3. The molecule has 0 unspecified atom stereocenters. The molecule has 4 heterocycles. The van der Waals surface area contributed by atoms with Gasteiger partial charge in [-0.05, 0) is 169 Å². The van der Waals surface area contributed by atoms with Crippen LogP contribution >= 0.6 is 121 Å². The number of halogens is 7. The predicted molar refractivity (Wildman–Crippen MR) is 425 cm³/mol. The number of carboxylic acids is 1. The van der Waals surface area contributed by atoms with Crippen LogP contribution in [-0.2, 0) is 52.6 Å². The molecular weight excluding hydrogens is 1720 g/mol. The zero-order valence-corrected chi connectivity index (χ0v) is 66.3. The van der Waals surface area contributed by atoms with Crippen LogP contribution in [0.25, 0.3) is 22.1 Å². The number of carbonyl (C=O) groups is 4. The molecule has 11 N–H and O–H groups in total. The molecule has 0 spiro atoms. The normalized spacial score (nSPS) is 10.1. The average Bonchev–Trinajstić information content (AvgIpc) is 1.65. The van der Waals surface area contributed by atoms with Crippen molar-refractivity contribution < 1.29 is 57.3 Å². The Kier molecular flexibility index (Phi) is 38.3. The number of H-pyrrole nitrogens is 3. The molecule has 531 valence electrons. The minimum Gasteiger partial charge on any atom is -0.478 e. The number of nitrogens with zero attached hydrogens (tertiary/aromatic N) is 5. The maximum absolute atomic E-state index is 12.5. The quantitative estimate of drug-likeness (QED) is 0.0128. The number of hydrogen-bond acceptors (Lipinski definition) is 15. The van der Waals surface area contributed by atoms with Gasteiger partial charge in [0.1, 0.15) is 21.6 Å². The first-order valence-corrected chi connectivity index (χ1v) is 37.2. The van der Waals surface area contributed by atoms with Gasteiger partial charge in [0.2, 0.25) is 9.23 Å². The van der Waals surface area contributed by atoms with E-state index in [0.717, 1.165) is 107 Å². The fourth-order valence-electron chi connectivity index (χ4n) is 8.24. The molecule has 1 radical (unpaired) electrons. The Morgan fingerprint density at radius 3 is 1.39 bits per heavy atom. The van der Waals surface area contributed by atoms with E-state index in [1.165, 1.54) is 6.33 Å². The maximum Gasteiger partial charge on any atom is 0.335 e. The molecule has 0 saturated carbocycles. The molecule has 0 atom stereocenters. The molecule has 31 heteroatoms. The van der Waals surface area contributed by atoms with Crippen molar-refractivity contribution in [1.82, 2.24) is 40.3 Å². The molecule has 0 aliphatic rings. The average molecular weight is 1790 g/mol. The molecular formula is C71H67Br4Cl3N12O8S3V. The van der Waals surface area contributed by atoms with E-state index in [0.29, 0.717) is 44.1 Å². The first-order valence-electron chi connectivity index (χ1n) is 29.3. The predicted octanol–water partition coefficient (Wildman–Crippen LogP) is 19.1. The number of thioether (sulfide) groups is 1. The monoisotopic (exact) mass is 1780 g/mol. The zero-order valence-electron chi connectivity index (χ0n) is 53.8. The standard InChI is InChI=1S/C20H16BrN5OS.C15H13BrClNO.C15H14BrNO2.C8H7BrO2.C7H9NO.C5H4N4S.CH4.Cl2OS.V/c1-12-5-6-14(8-17(12)21)19(27)25-15-4-2-3-13(7-15)10-28-20-16-9-24-26-18(16)22-11-23-20;1-10-5-6-12(8-14(10)16)15(19)18-13-4-2-3-11(7-13)9-17;1-10-5-6-12(8-14(10)16)15(19)17-13-4-2-3-11(7-13)9-18;1-5-2-3-6(8(10)11)4-7(5)9;8-7-3-1-2-6(4-7)5-9;10-5-3-1-8-9-4(3)6-2-7-5;;1-4(2)3;/h2-9,11H,10H2,1H3,(H,25,27)(H,22,23,24,26);2-8H,9H2,1H3,(H,18,19);2-8,18H,9H2,1H3,(H,17,19);2-4H,1H3,(H,10,11);1-4,9H,5,8H2;1-2H,(H2,6,7,8,9,10);1H4;;. The first kappa shape index (κ1) is 87.0. The number of nitrogen functional groups attached to an aromatic ring is 1. The van der Waals surface area contributed by atoms with E-state index in [1.807, 2.05) is 125 Å². The van der Waals surface area contributed by atoms with Crippen LogP contribution in [-0.4, -0.2) is 83.5 Å². The van der Waals surface area contributed by atoms with Crippen LogP contribution in [0.4, 0.5) is 22.7 Å². The molecule has 8 aromatic carbocycles. The fraction of sp³-hybridized carbons (Fsp3) is 0.127. The summed E-state index contributed by atoms with van der Waals surface area (Å²) < 4.78 is 13.2. The van der Waals surface area contributed by atoms with Gasteiger partial charge in [-0.1, -0.05) is 156 Å². The van der Waals surface area contributed by atoms with Crippen LogP contribution in [0, 0.1) is 32.3 Å². The molecule has 4 aromatic heterocycles. The van der Waals surface area contributed by atoms with Crippen molar-refractivity contribution in [3.8, 4) is 0 Å². The van der Waals surface area contributed by atoms with E-state index in [-0.39, 0.29) is 56.9 Å². The zero-order chi connectivity index (χ0) is 72.8. The number of fused-ring (bicyclic) bond motifs is 2. The van der Waals surface area contributed by atoms with E-state index in [9.17, 15) is 19.2 Å². The minimum atomic E-state index is -1.67. The van der Waals surface area contributed by atoms with E-state index in [2.05, 4.69) is 141 Å². The number of aromatic carboxylic acids is 1. The number of aliphatic hydroxyl groups is 2. The Balaban J connectivity index is 0.000000266. The summed E-state index contributed by atoms with van der Waals surface area (Å²) in [5.74, 6) is -0.188. The first-order chi connectivity index (χ1) is 47.8. The third kappa shape index (κ3) is 29.0. The van der Waals surface area contributed by atoms with Gasteiger partial charge in [-0.2, -0.15) is 10.2 Å². The second kappa shape index (κ2) is 44.9. The number of carbonyl (C=O) groups excluding carboxylic acids is 3. The van der Waals surface area contributed by atoms with Crippen molar-refractivity contribution in [1.29, 1.82) is 0 Å². The van der Waals surface area contributed by atoms with E-state index in [1.54, 1.807) is 103 Å². The second-order valence-corrected chi connectivity index (χ2v) is 28.5. The van der Waals surface area contributed by atoms with Gasteiger partial charge in [0.05, 0.1) is 48.3 Å². The summed E-state index contributed by atoms with van der Waals surface area (Å²) in [6, 6.07) is 51.2. The largest absolute Gasteiger partial charge is 0.478 e. The molecule has 3 amide bonds. The summed E-state index contributed by atoms with van der Waals surface area (Å²) in [5, 5.41) is 50.9. The van der Waals surface area contributed by atoms with Crippen molar-refractivity contribution in [3.63, 3.8) is 0 Å². The van der Waals surface area contributed by atoms with Crippen molar-refractivity contribution in [2.45, 2.75) is 65.0 Å². The number of nitrogens with two attached hydrogens (primary N) is 1. The van der Waals surface area contributed by atoms with Crippen LogP contribution in [0.2, 0.25) is 0 Å². The summed E-state index contributed by atoms with van der Waals surface area (Å²) in [5.41, 5.74) is 20.0. The molecule has 0 aliphatic heterocycles. The molecule has 20 nitrogen and oxygen atoms in total. The number of rotatable bonds is 13. The van der Waals surface area contributed by atoms with Gasteiger partial charge in [0.25, 0.3) is 17.7 Å². The summed E-state index contributed by atoms with van der Waals surface area (Å²) in [4.78, 5) is 62.4. The Morgan fingerprint density at radius 2 is 0.961 bits per heavy atom. The SMILES string of the molecule is C.Cc1ccc(C(=O)Nc2cccc(CCl)c2)cc1Br.Cc1ccc(C(=O)Nc2cccc(CO)c2)cc1Br.Cc1ccc(C(=O)Nc2cccc(CSc3ncnc4[nH]ncc34)c2)cc1Br.Cc1ccc(C(=O)O)cc1Br.Nc1cccc(CO)c1.O=S(Cl)Cl.S=c1nc[nH]c2[nH]ncc12.[V]. The Bertz CT molecular complexity index is 4760. The molecule has 102 heavy (non-hydrogen) atoms. The van der Waals surface area contributed by atoms with Gasteiger partial charge < -0.3 is 42.0 Å². The number of alkyl halides is 1.